The molecule has 27 heavy (non-hydrogen) atoms. The highest BCUT2D eigenvalue weighted by Gasteiger charge is 2.60. The Balaban J connectivity index is 1.67. The van der Waals surface area contributed by atoms with Gasteiger partial charge in [0, 0.05) is 23.6 Å². The van der Waals surface area contributed by atoms with Gasteiger partial charge in [0.2, 0.25) is 11.8 Å². The van der Waals surface area contributed by atoms with Crippen LogP contribution in [0.1, 0.15) is 34.6 Å². The molecule has 2 amide bonds. The van der Waals surface area contributed by atoms with Crippen LogP contribution < -0.4 is 10.6 Å². The highest BCUT2D eigenvalue weighted by molar-refractivity contribution is 7.14. The third-order valence-corrected chi connectivity index (χ3v) is 5.70. The van der Waals surface area contributed by atoms with Crippen molar-refractivity contribution in [3.63, 3.8) is 0 Å². The molecule has 0 aliphatic heterocycles. The van der Waals surface area contributed by atoms with E-state index in [2.05, 4.69) is 49.4 Å². The number of hydrogen-bond donors (Lipinski definition) is 2. The van der Waals surface area contributed by atoms with Gasteiger partial charge in [-0.3, -0.25) is 9.59 Å². The fourth-order valence-corrected chi connectivity index (χ4v) is 4.15. The van der Waals surface area contributed by atoms with Crippen molar-refractivity contribution in [2.24, 2.45) is 17.3 Å². The Hall–Kier alpha value is -2.47. The van der Waals surface area contributed by atoms with Crippen molar-refractivity contribution in [3.8, 4) is 11.3 Å². The number of carbonyl (C=O) groups excluding carboxylic acids is 2. The summed E-state index contributed by atoms with van der Waals surface area (Å²) in [5, 5.41) is 8.25. The molecule has 2 atom stereocenters. The average Bonchev–Trinajstić information content (AvgIpc) is 2.91. The molecule has 1 aromatic carbocycles. The predicted molar refractivity (Wildman–Crippen MR) is 111 cm³/mol. The fraction of sp³-hybridized carbons (Fsp3) is 0.381. The van der Waals surface area contributed by atoms with E-state index >= 15 is 0 Å². The molecule has 1 fully saturated rings. The van der Waals surface area contributed by atoms with Crippen LogP contribution in [-0.4, -0.2) is 16.8 Å². The fourth-order valence-electron chi connectivity index (χ4n) is 3.42. The number of allylic oxidation sites excluding steroid dienone is 2. The summed E-state index contributed by atoms with van der Waals surface area (Å²) in [6.07, 6.45) is 2.19. The van der Waals surface area contributed by atoms with E-state index in [4.69, 9.17) is 0 Å². The molecule has 1 aliphatic rings. The third-order valence-electron chi connectivity index (χ3n) is 4.94. The maximum atomic E-state index is 12.7. The minimum absolute atomic E-state index is 0.0129. The van der Waals surface area contributed by atoms with Gasteiger partial charge in [-0.15, -0.1) is 11.3 Å². The monoisotopic (exact) mass is 383 g/mol. The molecule has 3 rings (SSSR count). The molecule has 0 saturated heterocycles. The Morgan fingerprint density at radius 2 is 1.78 bits per heavy atom. The standard InChI is InChI=1S/C21H25N3O2S/c1-12(2)10-16-18(21(16,4)5)19(26)24-20-23-17(11-27-20)14-6-8-15(9-7-14)22-13(3)25/h6-11,16,18H,1-5H3,(H,22,25)(H,23,24,26)/t16-,18+/m0/s1. The van der Waals surface area contributed by atoms with E-state index < -0.39 is 0 Å². The second-order valence-corrected chi connectivity index (χ2v) is 8.71. The summed E-state index contributed by atoms with van der Waals surface area (Å²) in [7, 11) is 0. The van der Waals surface area contributed by atoms with E-state index in [1.54, 1.807) is 0 Å². The Morgan fingerprint density at radius 1 is 1.11 bits per heavy atom. The van der Waals surface area contributed by atoms with Gasteiger partial charge in [-0.1, -0.05) is 37.6 Å². The summed E-state index contributed by atoms with van der Waals surface area (Å²) in [6.45, 7) is 9.87. The quantitative estimate of drug-likeness (QED) is 0.718. The molecule has 142 valence electrons. The van der Waals surface area contributed by atoms with Gasteiger partial charge in [0.05, 0.1) is 11.6 Å². The van der Waals surface area contributed by atoms with Crippen molar-refractivity contribution in [3.05, 3.63) is 41.3 Å². The molecule has 0 spiro atoms. The van der Waals surface area contributed by atoms with Crippen LogP contribution in [0.2, 0.25) is 0 Å². The Bertz CT molecular complexity index is 892. The second-order valence-electron chi connectivity index (χ2n) is 7.85. The third kappa shape index (κ3) is 4.27. The van der Waals surface area contributed by atoms with Crippen LogP contribution in [0.5, 0.6) is 0 Å². The highest BCUT2D eigenvalue weighted by atomic mass is 32.1. The van der Waals surface area contributed by atoms with Gasteiger partial charge in [-0.25, -0.2) is 4.98 Å². The summed E-state index contributed by atoms with van der Waals surface area (Å²) in [6, 6.07) is 7.48. The van der Waals surface area contributed by atoms with Crippen molar-refractivity contribution in [1.29, 1.82) is 0 Å². The number of thiazole rings is 1. The number of nitrogens with one attached hydrogen (secondary N) is 2. The number of nitrogens with zero attached hydrogens (tertiary/aromatic N) is 1. The zero-order valence-electron chi connectivity index (χ0n) is 16.3. The topological polar surface area (TPSA) is 71.1 Å². The maximum Gasteiger partial charge on any atom is 0.230 e. The first kappa shape index (κ1) is 19.3. The molecule has 2 aromatic rings. The summed E-state index contributed by atoms with van der Waals surface area (Å²) in [5.41, 5.74) is 3.72. The van der Waals surface area contributed by atoms with Crippen LogP contribution in [-0.2, 0) is 9.59 Å². The molecule has 0 radical (unpaired) electrons. The van der Waals surface area contributed by atoms with E-state index in [0.717, 1.165) is 16.9 Å². The molecular weight excluding hydrogens is 358 g/mol. The number of amides is 2. The average molecular weight is 384 g/mol. The maximum absolute atomic E-state index is 12.7. The number of hydrogen-bond acceptors (Lipinski definition) is 4. The van der Waals surface area contributed by atoms with E-state index in [1.807, 2.05) is 29.6 Å². The van der Waals surface area contributed by atoms with Crippen molar-refractivity contribution >= 4 is 34.0 Å². The lowest BCUT2D eigenvalue weighted by Crippen LogP contribution is -2.16. The molecule has 1 saturated carbocycles. The predicted octanol–water partition coefficient (Wildman–Crippen LogP) is 4.95. The number of benzene rings is 1. The molecule has 1 aliphatic carbocycles. The van der Waals surface area contributed by atoms with Crippen LogP contribution >= 0.6 is 11.3 Å². The summed E-state index contributed by atoms with van der Waals surface area (Å²) >= 11 is 1.42. The van der Waals surface area contributed by atoms with Crippen LogP contribution in [0.3, 0.4) is 0 Å². The van der Waals surface area contributed by atoms with Gasteiger partial charge in [0.15, 0.2) is 5.13 Å². The van der Waals surface area contributed by atoms with Gasteiger partial charge in [0.1, 0.15) is 0 Å². The lowest BCUT2D eigenvalue weighted by Gasteiger charge is -2.03. The Labute approximate surface area is 163 Å². The van der Waals surface area contributed by atoms with Crippen LogP contribution in [0.25, 0.3) is 11.3 Å². The molecule has 6 heteroatoms. The van der Waals surface area contributed by atoms with E-state index in [1.165, 1.54) is 23.8 Å². The molecule has 0 bridgehead atoms. The molecule has 1 heterocycles. The van der Waals surface area contributed by atoms with Gasteiger partial charge in [0.25, 0.3) is 0 Å². The molecule has 5 nitrogen and oxygen atoms in total. The lowest BCUT2D eigenvalue weighted by molar-refractivity contribution is -0.118. The number of anilines is 2. The Kier molecular flexibility index (Phi) is 5.20. The first-order chi connectivity index (χ1) is 12.7. The minimum atomic E-state index is -0.101. The summed E-state index contributed by atoms with van der Waals surface area (Å²) in [5.74, 6) is 0.195. The van der Waals surface area contributed by atoms with E-state index in [0.29, 0.717) is 5.13 Å². The molecule has 1 aromatic heterocycles. The number of aromatic nitrogens is 1. The molecular formula is C21H25N3O2S. The zero-order chi connectivity index (χ0) is 19.8. The Morgan fingerprint density at radius 3 is 2.37 bits per heavy atom. The second kappa shape index (κ2) is 7.27. The van der Waals surface area contributed by atoms with Gasteiger partial charge < -0.3 is 10.6 Å². The largest absolute Gasteiger partial charge is 0.326 e. The van der Waals surface area contributed by atoms with E-state index in [9.17, 15) is 9.59 Å². The summed E-state index contributed by atoms with van der Waals surface area (Å²) < 4.78 is 0. The SMILES string of the molecule is CC(=O)Nc1ccc(-c2csc(NC(=O)[C@H]3[C@H](C=C(C)C)C3(C)C)n2)cc1. The van der Waals surface area contributed by atoms with Crippen molar-refractivity contribution in [2.45, 2.75) is 34.6 Å². The summed E-state index contributed by atoms with van der Waals surface area (Å²) in [4.78, 5) is 28.3. The van der Waals surface area contributed by atoms with Crippen molar-refractivity contribution in [1.82, 2.24) is 4.98 Å². The highest BCUT2D eigenvalue weighted by Crippen LogP contribution is 2.59. The minimum Gasteiger partial charge on any atom is -0.326 e. The van der Waals surface area contributed by atoms with Crippen LogP contribution in [0, 0.1) is 17.3 Å². The number of carbonyl (C=O) groups is 2. The lowest BCUT2D eigenvalue weighted by atomic mass is 10.1. The van der Waals surface area contributed by atoms with Crippen LogP contribution in [0.4, 0.5) is 10.8 Å². The first-order valence-corrected chi connectivity index (χ1v) is 9.86. The van der Waals surface area contributed by atoms with E-state index in [-0.39, 0.29) is 29.1 Å². The number of rotatable bonds is 5. The molecule has 0 unspecified atom stereocenters. The molecule has 2 N–H and O–H groups in total. The van der Waals surface area contributed by atoms with Crippen LogP contribution in [0.15, 0.2) is 41.3 Å². The van der Waals surface area contributed by atoms with Gasteiger partial charge >= 0.3 is 0 Å². The van der Waals surface area contributed by atoms with Gasteiger partial charge in [-0.05, 0) is 37.3 Å². The van der Waals surface area contributed by atoms with Crippen molar-refractivity contribution in [2.75, 3.05) is 10.6 Å². The normalized spacial score (nSPS) is 19.9. The van der Waals surface area contributed by atoms with Gasteiger partial charge in [-0.2, -0.15) is 0 Å². The zero-order valence-corrected chi connectivity index (χ0v) is 17.1. The van der Waals surface area contributed by atoms with Crippen molar-refractivity contribution < 1.29 is 9.59 Å². The smallest absolute Gasteiger partial charge is 0.230 e. The first-order valence-electron chi connectivity index (χ1n) is 8.98.